The predicted molar refractivity (Wildman–Crippen MR) is 73.3 cm³/mol. The van der Waals surface area contributed by atoms with Gasteiger partial charge in [-0.1, -0.05) is 12.1 Å². The zero-order valence-electron chi connectivity index (χ0n) is 11.7. The number of carbonyl (C=O) groups is 2. The van der Waals surface area contributed by atoms with Crippen LogP contribution in [0.1, 0.15) is 24.8 Å². The average Bonchev–Trinajstić information content (AvgIpc) is 3.20. The van der Waals surface area contributed by atoms with E-state index in [9.17, 15) is 19.1 Å². The van der Waals surface area contributed by atoms with Gasteiger partial charge >= 0.3 is 5.97 Å². The normalized spacial score (nSPS) is 21.6. The number of amides is 1. The van der Waals surface area contributed by atoms with E-state index in [0.29, 0.717) is 18.6 Å². The van der Waals surface area contributed by atoms with Gasteiger partial charge in [0.15, 0.2) is 0 Å². The highest BCUT2D eigenvalue weighted by Crippen LogP contribution is 2.33. The Kier molecular flexibility index (Phi) is 4.90. The maximum Gasteiger partial charge on any atom is 0.312 e. The molecule has 0 heterocycles. The smallest absolute Gasteiger partial charge is 0.312 e. The third kappa shape index (κ3) is 4.01. The van der Waals surface area contributed by atoms with Crippen molar-refractivity contribution in [2.24, 2.45) is 5.92 Å². The number of aliphatic carboxylic acids is 1. The number of hydrogen-bond donors (Lipinski definition) is 2. The van der Waals surface area contributed by atoms with E-state index in [2.05, 4.69) is 5.32 Å². The molecule has 1 aromatic rings. The summed E-state index contributed by atoms with van der Waals surface area (Å²) in [5.41, 5.74) is 0.460. The predicted octanol–water partition coefficient (Wildman–Crippen LogP) is 1.54. The van der Waals surface area contributed by atoms with Crippen LogP contribution < -0.4 is 5.32 Å². The fourth-order valence-corrected chi connectivity index (χ4v) is 2.22. The molecular weight excluding hydrogens is 277 g/mol. The van der Waals surface area contributed by atoms with Crippen molar-refractivity contribution in [1.82, 2.24) is 5.32 Å². The first kappa shape index (κ1) is 15.4. The van der Waals surface area contributed by atoms with E-state index in [1.54, 1.807) is 0 Å². The summed E-state index contributed by atoms with van der Waals surface area (Å²) in [6.07, 6.45) is 0.623. The molecule has 0 aromatic heterocycles. The minimum atomic E-state index is -1.06. The molecule has 5 nitrogen and oxygen atoms in total. The first-order valence-electron chi connectivity index (χ1n) is 6.90. The Hall–Kier alpha value is -1.95. The quantitative estimate of drug-likeness (QED) is 0.800. The molecule has 3 unspecified atom stereocenters. The van der Waals surface area contributed by atoms with Crippen molar-refractivity contribution in [2.45, 2.75) is 25.4 Å². The van der Waals surface area contributed by atoms with Crippen molar-refractivity contribution in [3.05, 3.63) is 35.6 Å². The van der Waals surface area contributed by atoms with Gasteiger partial charge in [0.25, 0.3) is 0 Å². The molecule has 1 amide bonds. The highest BCUT2D eigenvalue weighted by atomic mass is 19.1. The highest BCUT2D eigenvalue weighted by molar-refractivity contribution is 5.83. The zero-order chi connectivity index (χ0) is 15.4. The molecular formula is C15H18FNO4. The minimum absolute atomic E-state index is 0.0187. The average molecular weight is 295 g/mol. The van der Waals surface area contributed by atoms with E-state index in [-0.39, 0.29) is 24.5 Å². The number of carboxylic acid groups (broad SMARTS) is 1. The lowest BCUT2D eigenvalue weighted by atomic mass is 9.99. The van der Waals surface area contributed by atoms with Crippen LogP contribution in [-0.2, 0) is 14.3 Å². The summed E-state index contributed by atoms with van der Waals surface area (Å²) in [5.74, 6) is -2.75. The Bertz CT molecular complexity index is 517. The summed E-state index contributed by atoms with van der Waals surface area (Å²) >= 11 is 0. The Morgan fingerprint density at radius 2 is 2.10 bits per heavy atom. The van der Waals surface area contributed by atoms with Crippen LogP contribution in [0, 0.1) is 11.7 Å². The van der Waals surface area contributed by atoms with Gasteiger partial charge in [-0.05, 0) is 31.0 Å². The third-order valence-electron chi connectivity index (χ3n) is 3.50. The van der Waals surface area contributed by atoms with Gasteiger partial charge in [-0.15, -0.1) is 0 Å². The van der Waals surface area contributed by atoms with Gasteiger partial charge in [-0.25, -0.2) is 4.39 Å². The fourth-order valence-electron chi connectivity index (χ4n) is 2.22. The van der Waals surface area contributed by atoms with Gasteiger partial charge in [0.1, 0.15) is 5.82 Å². The van der Waals surface area contributed by atoms with Crippen molar-refractivity contribution < 1.29 is 23.8 Å². The molecule has 6 heteroatoms. The van der Waals surface area contributed by atoms with E-state index < -0.39 is 17.7 Å². The molecule has 2 N–H and O–H groups in total. The van der Waals surface area contributed by atoms with Gasteiger partial charge in [0.05, 0.1) is 17.9 Å². The molecule has 3 atom stereocenters. The summed E-state index contributed by atoms with van der Waals surface area (Å²) in [4.78, 5) is 23.1. The van der Waals surface area contributed by atoms with E-state index in [1.165, 1.54) is 24.3 Å². The molecule has 0 saturated heterocycles. The summed E-state index contributed by atoms with van der Waals surface area (Å²) in [5, 5.41) is 11.9. The second-order valence-electron chi connectivity index (χ2n) is 5.02. The van der Waals surface area contributed by atoms with Crippen LogP contribution in [0.5, 0.6) is 0 Å². The van der Waals surface area contributed by atoms with Crippen LogP contribution in [0.15, 0.2) is 24.3 Å². The molecule has 0 spiro atoms. The maximum atomic E-state index is 12.9. The fraction of sp³-hybridized carbons (Fsp3) is 0.467. The number of carboxylic acids is 1. The molecule has 1 saturated carbocycles. The van der Waals surface area contributed by atoms with Crippen LogP contribution in [-0.4, -0.2) is 36.2 Å². The first-order valence-corrected chi connectivity index (χ1v) is 6.90. The van der Waals surface area contributed by atoms with Crippen molar-refractivity contribution >= 4 is 11.9 Å². The molecule has 1 aliphatic rings. The van der Waals surface area contributed by atoms with E-state index >= 15 is 0 Å². The summed E-state index contributed by atoms with van der Waals surface area (Å²) < 4.78 is 18.2. The summed E-state index contributed by atoms with van der Waals surface area (Å²) in [6.45, 7) is 2.40. The number of benzene rings is 1. The van der Waals surface area contributed by atoms with Crippen molar-refractivity contribution in [3.8, 4) is 0 Å². The highest BCUT2D eigenvalue weighted by Gasteiger charge is 2.44. The monoisotopic (exact) mass is 295 g/mol. The molecule has 1 aromatic carbocycles. The largest absolute Gasteiger partial charge is 0.481 e. The standard InChI is InChI=1S/C15H18FNO4/c1-2-21-13-7-11(13)14(18)17-8-12(15(19)20)9-3-5-10(16)6-4-9/h3-6,11-13H,2,7-8H2,1H3,(H,17,18)(H,19,20). The number of halogens is 1. The van der Waals surface area contributed by atoms with E-state index in [1.807, 2.05) is 6.92 Å². The molecule has 1 aliphatic carbocycles. The number of hydrogen-bond acceptors (Lipinski definition) is 3. The van der Waals surface area contributed by atoms with Gasteiger partial charge in [0, 0.05) is 13.2 Å². The van der Waals surface area contributed by atoms with E-state index in [4.69, 9.17) is 4.74 Å². The lowest BCUT2D eigenvalue weighted by Gasteiger charge is -2.14. The lowest BCUT2D eigenvalue weighted by molar-refractivity contribution is -0.138. The second-order valence-corrected chi connectivity index (χ2v) is 5.02. The minimum Gasteiger partial charge on any atom is -0.481 e. The van der Waals surface area contributed by atoms with Crippen LogP contribution >= 0.6 is 0 Å². The Balaban J connectivity index is 1.91. The zero-order valence-corrected chi connectivity index (χ0v) is 11.7. The van der Waals surface area contributed by atoms with Gasteiger partial charge in [-0.3, -0.25) is 9.59 Å². The molecule has 2 rings (SSSR count). The van der Waals surface area contributed by atoms with Crippen molar-refractivity contribution in [3.63, 3.8) is 0 Å². The van der Waals surface area contributed by atoms with Crippen LogP contribution in [0.4, 0.5) is 4.39 Å². The van der Waals surface area contributed by atoms with Gasteiger partial charge in [0.2, 0.25) is 5.91 Å². The van der Waals surface area contributed by atoms with Crippen LogP contribution in [0.3, 0.4) is 0 Å². The van der Waals surface area contributed by atoms with Gasteiger partial charge < -0.3 is 15.2 Å². The Morgan fingerprint density at radius 3 is 2.67 bits per heavy atom. The number of carbonyl (C=O) groups excluding carboxylic acids is 1. The SMILES string of the molecule is CCOC1CC1C(=O)NCC(C(=O)O)c1ccc(F)cc1. The number of nitrogens with one attached hydrogen (secondary N) is 1. The van der Waals surface area contributed by atoms with Gasteiger partial charge in [-0.2, -0.15) is 0 Å². The topological polar surface area (TPSA) is 75.6 Å². The van der Waals surface area contributed by atoms with Crippen molar-refractivity contribution in [2.75, 3.05) is 13.2 Å². The maximum absolute atomic E-state index is 12.9. The van der Waals surface area contributed by atoms with E-state index in [0.717, 1.165) is 0 Å². The molecule has 21 heavy (non-hydrogen) atoms. The molecule has 0 bridgehead atoms. The molecule has 0 aliphatic heterocycles. The molecule has 0 radical (unpaired) electrons. The Labute approximate surface area is 122 Å². The second kappa shape index (κ2) is 6.67. The van der Waals surface area contributed by atoms with Crippen LogP contribution in [0.25, 0.3) is 0 Å². The van der Waals surface area contributed by atoms with Crippen LogP contribution in [0.2, 0.25) is 0 Å². The number of rotatable bonds is 7. The Morgan fingerprint density at radius 1 is 1.43 bits per heavy atom. The lowest BCUT2D eigenvalue weighted by Crippen LogP contribution is -2.33. The summed E-state index contributed by atoms with van der Waals surface area (Å²) in [7, 11) is 0. The third-order valence-corrected chi connectivity index (χ3v) is 3.50. The van der Waals surface area contributed by atoms with Crippen molar-refractivity contribution in [1.29, 1.82) is 0 Å². The first-order chi connectivity index (χ1) is 10.0. The molecule has 1 fully saturated rings. The summed E-state index contributed by atoms with van der Waals surface area (Å²) in [6, 6.07) is 5.25. The number of ether oxygens (including phenoxy) is 1. The molecule has 114 valence electrons.